The van der Waals surface area contributed by atoms with Gasteiger partial charge in [0, 0.05) is 11.4 Å². The number of benzene rings is 2. The summed E-state index contributed by atoms with van der Waals surface area (Å²) in [6, 6.07) is 8.25. The fraction of sp³-hybridized carbons (Fsp3) is 0.167. The quantitative estimate of drug-likeness (QED) is 0.372. The fourth-order valence-corrected chi connectivity index (χ4v) is 3.11. The van der Waals surface area contributed by atoms with Gasteiger partial charge in [-0.3, -0.25) is 18.9 Å². The van der Waals surface area contributed by atoms with E-state index in [0.717, 1.165) is 17.7 Å². The number of hydrogen-bond donors (Lipinski definition) is 3. The van der Waals surface area contributed by atoms with Crippen LogP contribution in [0.15, 0.2) is 57.6 Å². The van der Waals surface area contributed by atoms with Gasteiger partial charge in [0.2, 0.25) is 11.9 Å². The predicted molar refractivity (Wildman–Crippen MR) is 103 cm³/mol. The van der Waals surface area contributed by atoms with Gasteiger partial charge in [0.1, 0.15) is 0 Å². The monoisotopic (exact) mass is 416 g/mol. The smallest absolute Gasteiger partial charge is 0.294 e. The van der Waals surface area contributed by atoms with Gasteiger partial charge in [0.05, 0.1) is 17.0 Å². The zero-order chi connectivity index (χ0) is 21.2. The number of rotatable bonds is 6. The number of ketones is 1. The molecule has 11 heteroatoms. The summed E-state index contributed by atoms with van der Waals surface area (Å²) < 4.78 is 31.0. The van der Waals surface area contributed by atoms with Gasteiger partial charge in [-0.25, -0.2) is 0 Å². The van der Waals surface area contributed by atoms with Gasteiger partial charge in [-0.05, 0) is 48.9 Å². The van der Waals surface area contributed by atoms with E-state index in [-0.39, 0.29) is 22.9 Å². The van der Waals surface area contributed by atoms with Crippen molar-refractivity contribution in [1.82, 2.24) is 0 Å². The number of Topliss-reactive ketones (excluding diaryl/α,β-unsaturated/α-hetero) is 1. The van der Waals surface area contributed by atoms with E-state index in [2.05, 4.69) is 20.9 Å². The van der Waals surface area contributed by atoms with Crippen LogP contribution in [0.2, 0.25) is 0 Å². The lowest BCUT2D eigenvalue weighted by molar-refractivity contribution is -0.126. The average molecular weight is 416 g/mol. The molecule has 1 unspecified atom stereocenters. The number of amides is 2. The molecule has 3 N–H and O–H groups in total. The van der Waals surface area contributed by atoms with E-state index >= 15 is 0 Å². The summed E-state index contributed by atoms with van der Waals surface area (Å²) in [7, 11) is -4.34. The number of azo groups is 1. The van der Waals surface area contributed by atoms with E-state index in [1.807, 2.05) is 0 Å². The molecule has 0 saturated carbocycles. The summed E-state index contributed by atoms with van der Waals surface area (Å²) in [6.45, 7) is 1.19. The lowest BCUT2D eigenvalue weighted by Crippen LogP contribution is -2.31. The minimum absolute atomic E-state index is 0.140. The molecule has 0 aliphatic carbocycles. The SMILES string of the molecule is CC(=O)C(N=Nc1ccc(S(=O)(=O)O)cc1)C(=O)Nc1ccc2c(c1)NC(=O)C2. The minimum atomic E-state index is -4.34. The molecule has 0 radical (unpaired) electrons. The van der Waals surface area contributed by atoms with Crippen LogP contribution in [0.3, 0.4) is 0 Å². The second-order valence-corrected chi connectivity index (χ2v) is 7.71. The van der Waals surface area contributed by atoms with E-state index in [0.29, 0.717) is 11.4 Å². The van der Waals surface area contributed by atoms with E-state index in [4.69, 9.17) is 4.55 Å². The second-order valence-electron chi connectivity index (χ2n) is 6.28. The molecule has 150 valence electrons. The van der Waals surface area contributed by atoms with Crippen LogP contribution in [0, 0.1) is 0 Å². The Balaban J connectivity index is 1.73. The van der Waals surface area contributed by atoms with Gasteiger partial charge in [0.25, 0.3) is 16.0 Å². The molecule has 1 heterocycles. The van der Waals surface area contributed by atoms with Crippen molar-refractivity contribution in [1.29, 1.82) is 0 Å². The topological polar surface area (TPSA) is 154 Å². The second kappa shape index (κ2) is 7.89. The van der Waals surface area contributed by atoms with Crippen molar-refractivity contribution in [2.45, 2.75) is 24.3 Å². The van der Waals surface area contributed by atoms with Crippen LogP contribution in [0.1, 0.15) is 12.5 Å². The average Bonchev–Trinajstić information content (AvgIpc) is 3.00. The van der Waals surface area contributed by atoms with E-state index in [1.54, 1.807) is 18.2 Å². The number of fused-ring (bicyclic) bond motifs is 1. The molecule has 1 atom stereocenters. The Kier molecular flexibility index (Phi) is 5.52. The first-order valence-electron chi connectivity index (χ1n) is 8.36. The maximum Gasteiger partial charge on any atom is 0.294 e. The first-order chi connectivity index (χ1) is 13.6. The largest absolute Gasteiger partial charge is 0.325 e. The Morgan fingerprint density at radius 1 is 1.17 bits per heavy atom. The lowest BCUT2D eigenvalue weighted by atomic mass is 10.1. The van der Waals surface area contributed by atoms with Crippen LogP contribution >= 0.6 is 0 Å². The molecule has 0 bridgehead atoms. The number of nitrogens with zero attached hydrogens (tertiary/aromatic N) is 2. The molecule has 29 heavy (non-hydrogen) atoms. The van der Waals surface area contributed by atoms with Gasteiger partial charge in [-0.2, -0.15) is 18.6 Å². The van der Waals surface area contributed by atoms with Crippen molar-refractivity contribution in [3.05, 3.63) is 48.0 Å². The number of nitrogens with one attached hydrogen (secondary N) is 2. The van der Waals surface area contributed by atoms with Crippen molar-refractivity contribution in [2.75, 3.05) is 10.6 Å². The number of carbonyl (C=O) groups is 3. The van der Waals surface area contributed by atoms with Gasteiger partial charge < -0.3 is 10.6 Å². The highest BCUT2D eigenvalue weighted by molar-refractivity contribution is 7.85. The maximum atomic E-state index is 12.4. The molecule has 2 aromatic carbocycles. The van der Waals surface area contributed by atoms with Gasteiger partial charge >= 0.3 is 0 Å². The Morgan fingerprint density at radius 2 is 1.86 bits per heavy atom. The summed E-state index contributed by atoms with van der Waals surface area (Å²) in [5, 5.41) is 12.8. The first kappa shape index (κ1) is 20.3. The molecule has 10 nitrogen and oxygen atoms in total. The molecule has 3 rings (SSSR count). The Bertz CT molecular complexity index is 1130. The predicted octanol–water partition coefficient (Wildman–Crippen LogP) is 2.11. The number of carbonyl (C=O) groups excluding carboxylic acids is 3. The summed E-state index contributed by atoms with van der Waals surface area (Å²) in [4.78, 5) is 35.4. The number of hydrogen-bond acceptors (Lipinski definition) is 7. The molecule has 0 spiro atoms. The van der Waals surface area contributed by atoms with Crippen molar-refractivity contribution < 1.29 is 27.4 Å². The molecule has 0 fully saturated rings. The molecule has 0 saturated heterocycles. The molecule has 2 amide bonds. The summed E-state index contributed by atoms with van der Waals surface area (Å²) in [5.41, 5.74) is 1.98. The van der Waals surface area contributed by atoms with Crippen molar-refractivity contribution in [3.8, 4) is 0 Å². The van der Waals surface area contributed by atoms with Crippen molar-refractivity contribution >= 4 is 44.8 Å². The van der Waals surface area contributed by atoms with Crippen LogP contribution in [-0.4, -0.2) is 36.6 Å². The highest BCUT2D eigenvalue weighted by Crippen LogP contribution is 2.26. The van der Waals surface area contributed by atoms with Crippen LogP contribution < -0.4 is 10.6 Å². The summed E-state index contributed by atoms with van der Waals surface area (Å²) >= 11 is 0. The molecular formula is C18H16N4O6S. The zero-order valence-electron chi connectivity index (χ0n) is 15.1. The molecule has 1 aliphatic heterocycles. The standard InChI is InChI=1S/C18H16N4O6S/c1-10(23)17(22-21-12-4-6-14(7-5-12)29(26,27)28)18(25)19-13-3-2-11-8-16(24)20-15(11)9-13/h2-7,9,17H,8H2,1H3,(H,19,25)(H,20,24)(H,26,27,28). The molecule has 0 aromatic heterocycles. The Labute approximate surface area is 165 Å². The third-order valence-electron chi connectivity index (χ3n) is 4.06. The van der Waals surface area contributed by atoms with Gasteiger partial charge in [-0.1, -0.05) is 6.07 Å². The lowest BCUT2D eigenvalue weighted by Gasteiger charge is -2.10. The Hall–Kier alpha value is -3.44. The van der Waals surface area contributed by atoms with E-state index in [1.165, 1.54) is 19.1 Å². The third-order valence-corrected chi connectivity index (χ3v) is 4.93. The van der Waals surface area contributed by atoms with Crippen LogP contribution in [0.4, 0.5) is 17.1 Å². The third kappa shape index (κ3) is 4.89. The fourth-order valence-electron chi connectivity index (χ4n) is 2.63. The van der Waals surface area contributed by atoms with Gasteiger partial charge in [-0.15, -0.1) is 0 Å². The maximum absolute atomic E-state index is 12.4. The summed E-state index contributed by atoms with van der Waals surface area (Å²) in [5.74, 6) is -1.39. The van der Waals surface area contributed by atoms with Crippen LogP contribution in [0.5, 0.6) is 0 Å². The zero-order valence-corrected chi connectivity index (χ0v) is 15.9. The van der Waals surface area contributed by atoms with Crippen LogP contribution in [0.25, 0.3) is 0 Å². The number of anilines is 2. The van der Waals surface area contributed by atoms with Gasteiger partial charge in [0.15, 0.2) is 5.78 Å². The Morgan fingerprint density at radius 3 is 2.48 bits per heavy atom. The summed E-state index contributed by atoms with van der Waals surface area (Å²) in [6.07, 6.45) is 0.268. The first-order valence-corrected chi connectivity index (χ1v) is 9.80. The van der Waals surface area contributed by atoms with E-state index in [9.17, 15) is 22.8 Å². The highest BCUT2D eigenvalue weighted by atomic mass is 32.2. The van der Waals surface area contributed by atoms with Crippen molar-refractivity contribution in [2.24, 2.45) is 10.2 Å². The van der Waals surface area contributed by atoms with Crippen molar-refractivity contribution in [3.63, 3.8) is 0 Å². The highest BCUT2D eigenvalue weighted by Gasteiger charge is 2.24. The van der Waals surface area contributed by atoms with Crippen LogP contribution in [-0.2, 0) is 30.9 Å². The molecule has 2 aromatic rings. The molecular weight excluding hydrogens is 400 g/mol. The normalized spacial score (nSPS) is 14.3. The molecule has 1 aliphatic rings. The van der Waals surface area contributed by atoms with E-state index < -0.39 is 27.9 Å². The minimum Gasteiger partial charge on any atom is -0.325 e.